The van der Waals surface area contributed by atoms with Gasteiger partial charge in [0.25, 0.3) is 0 Å². The number of oxime groups is 1. The molecule has 0 bridgehead atoms. The highest BCUT2D eigenvalue weighted by Gasteiger charge is 2.23. The van der Waals surface area contributed by atoms with E-state index < -0.39 is 0 Å². The number of hydrogen-bond acceptors (Lipinski definition) is 4. The van der Waals surface area contributed by atoms with Crippen LogP contribution in [0.2, 0.25) is 0 Å². The lowest BCUT2D eigenvalue weighted by Gasteiger charge is -2.24. The van der Waals surface area contributed by atoms with E-state index in [1.165, 1.54) is 0 Å². The van der Waals surface area contributed by atoms with Gasteiger partial charge >= 0.3 is 0 Å². The van der Waals surface area contributed by atoms with Crippen LogP contribution in [-0.2, 0) is 4.74 Å². The Morgan fingerprint density at radius 2 is 2.19 bits per heavy atom. The fourth-order valence-corrected chi connectivity index (χ4v) is 1.37. The van der Waals surface area contributed by atoms with Crippen molar-refractivity contribution < 1.29 is 9.94 Å². The quantitative estimate of drug-likeness (QED) is 0.253. The lowest BCUT2D eigenvalue weighted by molar-refractivity contribution is 0.163. The van der Waals surface area contributed by atoms with Gasteiger partial charge in [0.2, 0.25) is 0 Å². The highest BCUT2D eigenvalue weighted by Crippen LogP contribution is 2.19. The van der Waals surface area contributed by atoms with Crippen LogP contribution in [0.15, 0.2) is 5.16 Å². The third-order valence-electron chi connectivity index (χ3n) is 2.84. The summed E-state index contributed by atoms with van der Waals surface area (Å²) in [4.78, 5) is 0. The number of methoxy groups -OCH3 is 1. The van der Waals surface area contributed by atoms with Gasteiger partial charge in [0.15, 0.2) is 0 Å². The molecular formula is C11H25N3O2. The van der Waals surface area contributed by atoms with E-state index in [-0.39, 0.29) is 11.3 Å². The van der Waals surface area contributed by atoms with Crippen molar-refractivity contribution in [2.75, 3.05) is 20.3 Å². The van der Waals surface area contributed by atoms with Gasteiger partial charge in [-0.05, 0) is 19.4 Å². The van der Waals surface area contributed by atoms with E-state index in [0.717, 1.165) is 19.4 Å². The highest BCUT2D eigenvalue weighted by atomic mass is 16.5. The SMILES string of the molecule is CCC(COC)NCCC(C)(C)C(N)=NO. The normalized spacial score (nSPS) is 15.1. The van der Waals surface area contributed by atoms with E-state index >= 15 is 0 Å². The third kappa shape index (κ3) is 5.32. The Kier molecular flexibility index (Phi) is 7.08. The van der Waals surface area contributed by atoms with E-state index in [2.05, 4.69) is 17.4 Å². The van der Waals surface area contributed by atoms with Crippen molar-refractivity contribution >= 4 is 5.84 Å². The Labute approximate surface area is 98.0 Å². The lowest BCUT2D eigenvalue weighted by Crippen LogP contribution is -2.38. The number of ether oxygens (including phenoxy) is 1. The zero-order valence-corrected chi connectivity index (χ0v) is 10.8. The van der Waals surface area contributed by atoms with Crippen LogP contribution in [0.25, 0.3) is 0 Å². The Hall–Kier alpha value is -0.810. The molecule has 0 fully saturated rings. The van der Waals surface area contributed by atoms with Gasteiger partial charge in [-0.25, -0.2) is 0 Å². The number of nitrogens with zero attached hydrogens (tertiary/aromatic N) is 1. The zero-order chi connectivity index (χ0) is 12.6. The van der Waals surface area contributed by atoms with E-state index in [1.807, 2.05) is 13.8 Å². The maximum Gasteiger partial charge on any atom is 0.144 e. The Morgan fingerprint density at radius 1 is 1.56 bits per heavy atom. The fourth-order valence-electron chi connectivity index (χ4n) is 1.37. The molecule has 5 nitrogen and oxygen atoms in total. The van der Waals surface area contributed by atoms with Crippen LogP contribution in [0.4, 0.5) is 0 Å². The Bertz CT molecular complexity index is 217. The molecule has 0 radical (unpaired) electrons. The van der Waals surface area contributed by atoms with E-state index in [0.29, 0.717) is 12.6 Å². The number of rotatable bonds is 8. The van der Waals surface area contributed by atoms with Gasteiger partial charge in [-0.1, -0.05) is 25.9 Å². The molecule has 0 aromatic carbocycles. The predicted molar refractivity (Wildman–Crippen MR) is 65.8 cm³/mol. The van der Waals surface area contributed by atoms with Crippen LogP contribution < -0.4 is 11.1 Å². The minimum absolute atomic E-state index is 0.272. The first-order chi connectivity index (χ1) is 7.47. The molecule has 0 aliphatic carbocycles. The molecule has 5 heteroatoms. The molecule has 16 heavy (non-hydrogen) atoms. The predicted octanol–water partition coefficient (Wildman–Crippen LogP) is 1.16. The smallest absolute Gasteiger partial charge is 0.144 e. The first-order valence-corrected chi connectivity index (χ1v) is 5.68. The third-order valence-corrected chi connectivity index (χ3v) is 2.84. The van der Waals surface area contributed by atoms with Crippen LogP contribution in [0.3, 0.4) is 0 Å². The average molecular weight is 231 g/mol. The molecule has 0 spiro atoms. The summed E-state index contributed by atoms with van der Waals surface area (Å²) in [6.45, 7) is 7.57. The molecular weight excluding hydrogens is 206 g/mol. The Morgan fingerprint density at radius 3 is 2.62 bits per heavy atom. The molecule has 96 valence electrons. The van der Waals surface area contributed by atoms with Gasteiger partial charge in [-0.2, -0.15) is 0 Å². The highest BCUT2D eigenvalue weighted by molar-refractivity contribution is 5.85. The minimum Gasteiger partial charge on any atom is -0.409 e. The van der Waals surface area contributed by atoms with E-state index in [4.69, 9.17) is 15.7 Å². The number of amidine groups is 1. The van der Waals surface area contributed by atoms with Crippen molar-refractivity contribution in [2.24, 2.45) is 16.3 Å². The molecule has 0 aliphatic heterocycles. The molecule has 0 heterocycles. The van der Waals surface area contributed by atoms with E-state index in [9.17, 15) is 0 Å². The van der Waals surface area contributed by atoms with Crippen molar-refractivity contribution in [3.8, 4) is 0 Å². The van der Waals surface area contributed by atoms with Gasteiger partial charge < -0.3 is 21.0 Å². The number of hydrogen-bond donors (Lipinski definition) is 3. The van der Waals surface area contributed by atoms with Crippen LogP contribution >= 0.6 is 0 Å². The van der Waals surface area contributed by atoms with Crippen molar-refractivity contribution in [1.82, 2.24) is 5.32 Å². The second-order valence-corrected chi connectivity index (χ2v) is 4.63. The van der Waals surface area contributed by atoms with Crippen molar-refractivity contribution in [2.45, 2.75) is 39.7 Å². The summed E-state index contributed by atoms with van der Waals surface area (Å²) in [5, 5.41) is 15.1. The molecule has 1 atom stereocenters. The molecule has 0 rings (SSSR count). The molecule has 0 aromatic rings. The van der Waals surface area contributed by atoms with Crippen LogP contribution in [0, 0.1) is 5.41 Å². The first kappa shape index (κ1) is 15.2. The lowest BCUT2D eigenvalue weighted by atomic mass is 9.88. The van der Waals surface area contributed by atoms with Crippen molar-refractivity contribution in [3.63, 3.8) is 0 Å². The maximum absolute atomic E-state index is 8.63. The van der Waals surface area contributed by atoms with Crippen LogP contribution in [0.1, 0.15) is 33.6 Å². The molecule has 4 N–H and O–H groups in total. The molecule has 0 saturated carbocycles. The summed E-state index contributed by atoms with van der Waals surface area (Å²) in [5.74, 6) is 0.272. The molecule has 0 aromatic heterocycles. The minimum atomic E-state index is -0.285. The van der Waals surface area contributed by atoms with Gasteiger partial charge in [0.1, 0.15) is 5.84 Å². The van der Waals surface area contributed by atoms with Gasteiger partial charge in [0, 0.05) is 18.6 Å². The second kappa shape index (κ2) is 7.46. The van der Waals surface area contributed by atoms with Gasteiger partial charge in [-0.15, -0.1) is 0 Å². The Balaban J connectivity index is 3.96. The molecule has 0 amide bonds. The molecule has 0 saturated heterocycles. The van der Waals surface area contributed by atoms with Crippen molar-refractivity contribution in [3.05, 3.63) is 0 Å². The average Bonchev–Trinajstić information content (AvgIpc) is 2.26. The monoisotopic (exact) mass is 231 g/mol. The topological polar surface area (TPSA) is 79.9 Å². The summed E-state index contributed by atoms with van der Waals surface area (Å²) in [5.41, 5.74) is 5.32. The summed E-state index contributed by atoms with van der Waals surface area (Å²) in [6, 6.07) is 0.369. The maximum atomic E-state index is 8.63. The standard InChI is InChI=1S/C11H25N3O2/c1-5-9(8-16-4)13-7-6-11(2,3)10(12)14-15/h9,13,15H,5-8H2,1-4H3,(H2,12,14). The molecule has 1 unspecified atom stereocenters. The number of nitrogens with one attached hydrogen (secondary N) is 1. The van der Waals surface area contributed by atoms with Crippen LogP contribution in [0.5, 0.6) is 0 Å². The summed E-state index contributed by atoms with van der Waals surface area (Å²) < 4.78 is 5.10. The van der Waals surface area contributed by atoms with Crippen LogP contribution in [-0.4, -0.2) is 37.3 Å². The van der Waals surface area contributed by atoms with E-state index in [1.54, 1.807) is 7.11 Å². The largest absolute Gasteiger partial charge is 0.409 e. The summed E-state index contributed by atoms with van der Waals surface area (Å²) in [6.07, 6.45) is 1.85. The van der Waals surface area contributed by atoms with Gasteiger partial charge in [-0.3, -0.25) is 0 Å². The molecule has 0 aliphatic rings. The number of nitrogens with two attached hydrogens (primary N) is 1. The fraction of sp³-hybridized carbons (Fsp3) is 0.909. The summed E-state index contributed by atoms with van der Waals surface area (Å²) >= 11 is 0. The second-order valence-electron chi connectivity index (χ2n) is 4.63. The zero-order valence-electron chi connectivity index (χ0n) is 10.8. The summed E-state index contributed by atoms with van der Waals surface area (Å²) in [7, 11) is 1.70. The van der Waals surface area contributed by atoms with Gasteiger partial charge in [0.05, 0.1) is 6.61 Å². The first-order valence-electron chi connectivity index (χ1n) is 5.68. The van der Waals surface area contributed by atoms with Crippen molar-refractivity contribution in [1.29, 1.82) is 0 Å².